The van der Waals surface area contributed by atoms with Crippen molar-refractivity contribution in [1.29, 1.82) is 0 Å². The SMILES string of the molecule is Cc1ccc(-c2nnc(Cc3ccccc3)o2)cc1S(=O)(=O)NCc1ccccc1. The molecule has 0 aliphatic carbocycles. The number of nitrogens with one attached hydrogen (secondary N) is 1. The molecule has 0 fully saturated rings. The number of rotatable bonds is 7. The number of aromatic nitrogens is 2. The van der Waals surface area contributed by atoms with E-state index in [1.165, 1.54) is 0 Å². The van der Waals surface area contributed by atoms with Gasteiger partial charge in [-0.1, -0.05) is 66.7 Å². The predicted octanol–water partition coefficient (Wildman–Crippen LogP) is 4.11. The Morgan fingerprint density at radius 2 is 1.53 bits per heavy atom. The van der Waals surface area contributed by atoms with Crippen molar-refractivity contribution in [3.8, 4) is 11.5 Å². The van der Waals surface area contributed by atoms with E-state index in [1.807, 2.05) is 60.7 Å². The van der Waals surface area contributed by atoms with E-state index in [0.717, 1.165) is 11.1 Å². The largest absolute Gasteiger partial charge is 0.420 e. The second-order valence-electron chi connectivity index (χ2n) is 6.95. The first-order chi connectivity index (χ1) is 14.5. The third-order valence-electron chi connectivity index (χ3n) is 4.70. The summed E-state index contributed by atoms with van der Waals surface area (Å²) in [6.45, 7) is 1.98. The van der Waals surface area contributed by atoms with E-state index in [-0.39, 0.29) is 11.4 Å². The van der Waals surface area contributed by atoms with Crippen LogP contribution in [0.1, 0.15) is 22.6 Å². The van der Waals surface area contributed by atoms with E-state index in [2.05, 4.69) is 14.9 Å². The summed E-state index contributed by atoms with van der Waals surface area (Å²) in [4.78, 5) is 0.193. The summed E-state index contributed by atoms with van der Waals surface area (Å²) in [7, 11) is -3.70. The van der Waals surface area contributed by atoms with Gasteiger partial charge in [0.2, 0.25) is 21.8 Å². The molecule has 0 amide bonds. The van der Waals surface area contributed by atoms with Crippen LogP contribution in [0.3, 0.4) is 0 Å². The van der Waals surface area contributed by atoms with E-state index < -0.39 is 10.0 Å². The molecule has 6 nitrogen and oxygen atoms in total. The molecule has 0 unspecified atom stereocenters. The highest BCUT2D eigenvalue weighted by Crippen LogP contribution is 2.25. The van der Waals surface area contributed by atoms with Gasteiger partial charge in [0, 0.05) is 12.1 Å². The molecule has 0 atom stereocenters. The lowest BCUT2D eigenvalue weighted by atomic mass is 10.1. The Morgan fingerprint density at radius 3 is 2.23 bits per heavy atom. The summed E-state index contributed by atoms with van der Waals surface area (Å²) < 4.78 is 34.2. The van der Waals surface area contributed by atoms with Gasteiger partial charge in [-0.15, -0.1) is 10.2 Å². The molecule has 4 aromatic rings. The third-order valence-corrected chi connectivity index (χ3v) is 6.24. The van der Waals surface area contributed by atoms with Crippen molar-refractivity contribution in [2.45, 2.75) is 24.8 Å². The third kappa shape index (κ3) is 4.64. The molecule has 0 aliphatic heterocycles. The van der Waals surface area contributed by atoms with Crippen LogP contribution < -0.4 is 4.72 Å². The molecule has 0 radical (unpaired) electrons. The Morgan fingerprint density at radius 1 is 0.867 bits per heavy atom. The molecule has 30 heavy (non-hydrogen) atoms. The zero-order chi connectivity index (χ0) is 21.0. The summed E-state index contributed by atoms with van der Waals surface area (Å²) >= 11 is 0. The maximum Gasteiger partial charge on any atom is 0.247 e. The van der Waals surface area contributed by atoms with Gasteiger partial charge in [0.05, 0.1) is 11.3 Å². The highest BCUT2D eigenvalue weighted by molar-refractivity contribution is 7.89. The molecule has 0 aliphatic rings. The van der Waals surface area contributed by atoms with Gasteiger partial charge in [-0.2, -0.15) is 0 Å². The Labute approximate surface area is 175 Å². The fourth-order valence-corrected chi connectivity index (χ4v) is 4.37. The molecule has 7 heteroatoms. The van der Waals surface area contributed by atoms with Gasteiger partial charge in [-0.25, -0.2) is 13.1 Å². The Kier molecular flexibility index (Phi) is 5.74. The average molecular weight is 420 g/mol. The van der Waals surface area contributed by atoms with Gasteiger partial charge in [0.15, 0.2) is 0 Å². The zero-order valence-electron chi connectivity index (χ0n) is 16.4. The van der Waals surface area contributed by atoms with Crippen molar-refractivity contribution < 1.29 is 12.8 Å². The van der Waals surface area contributed by atoms with Crippen molar-refractivity contribution in [3.05, 3.63) is 101 Å². The van der Waals surface area contributed by atoms with Crippen LogP contribution in [0.15, 0.2) is 88.2 Å². The number of hydrogen-bond acceptors (Lipinski definition) is 5. The monoisotopic (exact) mass is 419 g/mol. The Hall–Kier alpha value is -3.29. The van der Waals surface area contributed by atoms with Gasteiger partial charge < -0.3 is 4.42 Å². The molecule has 1 N–H and O–H groups in total. The maximum atomic E-state index is 12.9. The zero-order valence-corrected chi connectivity index (χ0v) is 17.3. The predicted molar refractivity (Wildman–Crippen MR) is 114 cm³/mol. The summed E-state index contributed by atoms with van der Waals surface area (Å²) in [6.07, 6.45) is 0.517. The average Bonchev–Trinajstić information content (AvgIpc) is 3.22. The minimum atomic E-state index is -3.70. The molecular weight excluding hydrogens is 398 g/mol. The summed E-state index contributed by atoms with van der Waals surface area (Å²) in [6, 6.07) is 24.3. The van der Waals surface area contributed by atoms with Gasteiger partial charge in [0.1, 0.15) is 0 Å². The fourth-order valence-electron chi connectivity index (χ4n) is 3.09. The van der Waals surface area contributed by atoms with E-state index in [4.69, 9.17) is 4.42 Å². The molecule has 1 heterocycles. The lowest BCUT2D eigenvalue weighted by Crippen LogP contribution is -2.24. The molecular formula is C23H21N3O3S. The molecule has 152 valence electrons. The number of nitrogens with zero attached hydrogens (tertiary/aromatic N) is 2. The van der Waals surface area contributed by atoms with E-state index >= 15 is 0 Å². The van der Waals surface area contributed by atoms with E-state index in [0.29, 0.717) is 29.3 Å². The smallest absolute Gasteiger partial charge is 0.247 e. The van der Waals surface area contributed by atoms with Crippen LogP contribution in [0.5, 0.6) is 0 Å². The van der Waals surface area contributed by atoms with Crippen LogP contribution in [0, 0.1) is 6.92 Å². The molecule has 1 aromatic heterocycles. The molecule has 0 saturated carbocycles. The van der Waals surface area contributed by atoms with Gasteiger partial charge in [-0.3, -0.25) is 0 Å². The molecule has 0 spiro atoms. The first kappa shape index (κ1) is 20.0. The van der Waals surface area contributed by atoms with E-state index in [9.17, 15) is 8.42 Å². The summed E-state index contributed by atoms with van der Waals surface area (Å²) in [5, 5.41) is 8.19. The van der Waals surface area contributed by atoms with Crippen LogP contribution in [-0.2, 0) is 23.0 Å². The van der Waals surface area contributed by atoms with Crippen LogP contribution in [0.25, 0.3) is 11.5 Å². The number of aryl methyl sites for hydroxylation is 1. The lowest BCUT2D eigenvalue weighted by molar-refractivity contribution is 0.518. The topological polar surface area (TPSA) is 85.1 Å². The van der Waals surface area contributed by atoms with Gasteiger partial charge >= 0.3 is 0 Å². The molecule has 0 saturated heterocycles. The quantitative estimate of drug-likeness (QED) is 0.487. The standard InChI is InChI=1S/C23H21N3O3S/c1-17-12-13-20(23-26-25-22(29-23)14-18-8-4-2-5-9-18)15-21(17)30(27,28)24-16-19-10-6-3-7-11-19/h2-13,15,24H,14,16H2,1H3. The first-order valence-corrected chi connectivity index (χ1v) is 11.0. The normalized spacial score (nSPS) is 11.5. The van der Waals surface area contributed by atoms with Crippen LogP contribution in [0.2, 0.25) is 0 Å². The van der Waals surface area contributed by atoms with Crippen molar-refractivity contribution in [3.63, 3.8) is 0 Å². The minimum absolute atomic E-state index is 0.193. The van der Waals surface area contributed by atoms with Gasteiger partial charge in [-0.05, 0) is 35.7 Å². The van der Waals surface area contributed by atoms with Crippen LogP contribution in [0.4, 0.5) is 0 Å². The van der Waals surface area contributed by atoms with Gasteiger partial charge in [0.25, 0.3) is 0 Å². The Bertz CT molecular complexity index is 1240. The minimum Gasteiger partial charge on any atom is -0.420 e. The molecule has 3 aromatic carbocycles. The fraction of sp³-hybridized carbons (Fsp3) is 0.130. The summed E-state index contributed by atoms with van der Waals surface area (Å²) in [5.41, 5.74) is 3.15. The molecule has 0 bridgehead atoms. The lowest BCUT2D eigenvalue weighted by Gasteiger charge is -2.10. The maximum absolute atomic E-state index is 12.9. The summed E-state index contributed by atoms with van der Waals surface area (Å²) in [5.74, 6) is 0.767. The number of hydrogen-bond donors (Lipinski definition) is 1. The van der Waals surface area contributed by atoms with Crippen molar-refractivity contribution in [2.24, 2.45) is 0 Å². The highest BCUT2D eigenvalue weighted by Gasteiger charge is 2.19. The number of sulfonamides is 1. The Balaban J connectivity index is 1.56. The van der Waals surface area contributed by atoms with E-state index in [1.54, 1.807) is 25.1 Å². The number of benzene rings is 3. The van der Waals surface area contributed by atoms with Crippen LogP contribution >= 0.6 is 0 Å². The van der Waals surface area contributed by atoms with Crippen molar-refractivity contribution in [1.82, 2.24) is 14.9 Å². The first-order valence-electron chi connectivity index (χ1n) is 9.52. The highest BCUT2D eigenvalue weighted by atomic mass is 32.2. The van der Waals surface area contributed by atoms with Crippen molar-refractivity contribution >= 4 is 10.0 Å². The molecule has 4 rings (SSSR count). The van der Waals surface area contributed by atoms with Crippen molar-refractivity contribution in [2.75, 3.05) is 0 Å². The van der Waals surface area contributed by atoms with Crippen LogP contribution in [-0.4, -0.2) is 18.6 Å². The second-order valence-corrected chi connectivity index (χ2v) is 8.69. The second kappa shape index (κ2) is 8.61.